The summed E-state index contributed by atoms with van der Waals surface area (Å²) in [6.45, 7) is 17.5. The van der Waals surface area contributed by atoms with Crippen LogP contribution in [0.3, 0.4) is 0 Å². The van der Waals surface area contributed by atoms with Gasteiger partial charge in [-0.1, -0.05) is 13.8 Å². The van der Waals surface area contributed by atoms with Crippen LogP contribution in [0.25, 0.3) is 11.0 Å². The average molecular weight is 465 g/mol. The van der Waals surface area contributed by atoms with Crippen LogP contribution in [0.4, 0.5) is 5.95 Å². The molecule has 3 aromatic heterocycles. The van der Waals surface area contributed by atoms with Gasteiger partial charge in [0.25, 0.3) is 5.91 Å². The highest BCUT2D eigenvalue weighted by Gasteiger charge is 2.25. The van der Waals surface area contributed by atoms with Crippen LogP contribution in [-0.4, -0.2) is 74.8 Å². The van der Waals surface area contributed by atoms with E-state index in [0.717, 1.165) is 61.1 Å². The summed E-state index contributed by atoms with van der Waals surface area (Å²) >= 11 is 0. The van der Waals surface area contributed by atoms with Crippen LogP contribution in [0.15, 0.2) is 24.5 Å². The number of nitrogens with zero attached hydrogens (tertiary/aromatic N) is 7. The van der Waals surface area contributed by atoms with Gasteiger partial charge in [0.05, 0.1) is 22.2 Å². The van der Waals surface area contributed by atoms with Crippen molar-refractivity contribution in [3.8, 4) is 0 Å². The first kappa shape index (κ1) is 24.1. The number of amides is 1. The molecule has 0 unspecified atom stereocenters. The van der Waals surface area contributed by atoms with E-state index in [1.807, 2.05) is 23.7 Å². The largest absolute Gasteiger partial charge is 0.351 e. The highest BCUT2D eigenvalue weighted by Crippen LogP contribution is 2.28. The van der Waals surface area contributed by atoms with Crippen molar-refractivity contribution in [1.82, 2.24) is 34.9 Å². The van der Waals surface area contributed by atoms with Crippen molar-refractivity contribution in [2.45, 2.75) is 53.0 Å². The van der Waals surface area contributed by atoms with Crippen LogP contribution in [0.1, 0.15) is 62.3 Å². The molecule has 0 spiro atoms. The van der Waals surface area contributed by atoms with Crippen molar-refractivity contribution in [1.29, 1.82) is 0 Å². The third-order valence-electron chi connectivity index (χ3n) is 6.23. The van der Waals surface area contributed by atoms with Gasteiger partial charge in [0.15, 0.2) is 5.65 Å². The van der Waals surface area contributed by atoms with Crippen molar-refractivity contribution >= 4 is 22.9 Å². The van der Waals surface area contributed by atoms with E-state index in [2.05, 4.69) is 59.7 Å². The molecule has 9 heteroatoms. The summed E-state index contributed by atoms with van der Waals surface area (Å²) in [6.07, 6.45) is 3.55. The summed E-state index contributed by atoms with van der Waals surface area (Å²) in [5.41, 5.74) is 2.95. The third kappa shape index (κ3) is 5.04. The van der Waals surface area contributed by atoms with Gasteiger partial charge in [-0.2, -0.15) is 5.10 Å². The first-order chi connectivity index (χ1) is 16.1. The molecule has 9 nitrogen and oxygen atoms in total. The number of hydrogen-bond acceptors (Lipinski definition) is 7. The lowest BCUT2D eigenvalue weighted by Crippen LogP contribution is -2.49. The van der Waals surface area contributed by atoms with Crippen molar-refractivity contribution in [2.75, 3.05) is 44.2 Å². The van der Waals surface area contributed by atoms with E-state index >= 15 is 0 Å². The SMILES string of the molecule is Cc1nn(C(C)(C)C)c2nc(C(C)C)cc(C(=O)NCCN3CCN(c4ncccn4)CC3)c12. The number of nitrogens with one attached hydrogen (secondary N) is 1. The maximum Gasteiger partial charge on any atom is 0.252 e. The number of piperazine rings is 1. The van der Waals surface area contributed by atoms with Crippen molar-refractivity contribution in [3.63, 3.8) is 0 Å². The fourth-order valence-corrected chi connectivity index (χ4v) is 4.30. The van der Waals surface area contributed by atoms with E-state index in [4.69, 9.17) is 10.1 Å². The fourth-order valence-electron chi connectivity index (χ4n) is 4.30. The Balaban J connectivity index is 1.44. The molecule has 1 aliphatic rings. The van der Waals surface area contributed by atoms with E-state index in [1.54, 1.807) is 12.4 Å². The van der Waals surface area contributed by atoms with Gasteiger partial charge >= 0.3 is 0 Å². The second-order valence-electron chi connectivity index (χ2n) is 10.2. The number of carbonyl (C=O) groups excluding carboxylic acids is 1. The van der Waals surface area contributed by atoms with E-state index in [9.17, 15) is 4.79 Å². The van der Waals surface area contributed by atoms with Crippen LogP contribution < -0.4 is 10.2 Å². The van der Waals surface area contributed by atoms with Crippen LogP contribution in [0, 0.1) is 6.92 Å². The molecule has 1 fully saturated rings. The molecule has 0 aliphatic carbocycles. The predicted octanol–water partition coefficient (Wildman–Crippen LogP) is 2.96. The quantitative estimate of drug-likeness (QED) is 0.600. The van der Waals surface area contributed by atoms with Crippen molar-refractivity contribution < 1.29 is 4.79 Å². The molecule has 0 saturated carbocycles. The summed E-state index contributed by atoms with van der Waals surface area (Å²) in [7, 11) is 0. The van der Waals surface area contributed by atoms with Gasteiger partial charge in [0, 0.05) is 57.4 Å². The van der Waals surface area contributed by atoms with Gasteiger partial charge in [0.2, 0.25) is 5.95 Å². The Labute approximate surface area is 201 Å². The van der Waals surface area contributed by atoms with Crippen molar-refractivity contribution in [2.24, 2.45) is 0 Å². The first-order valence-electron chi connectivity index (χ1n) is 12.1. The maximum absolute atomic E-state index is 13.3. The van der Waals surface area contributed by atoms with Crippen LogP contribution >= 0.6 is 0 Å². The fraction of sp³-hybridized carbons (Fsp3) is 0.560. The molecule has 1 saturated heterocycles. The molecule has 1 amide bonds. The Morgan fingerprint density at radius 1 is 1.12 bits per heavy atom. The number of aromatic nitrogens is 5. The molecule has 4 heterocycles. The number of pyridine rings is 1. The van der Waals surface area contributed by atoms with Crippen LogP contribution in [0.2, 0.25) is 0 Å². The minimum atomic E-state index is -0.226. The smallest absolute Gasteiger partial charge is 0.252 e. The summed E-state index contributed by atoms with van der Waals surface area (Å²) in [5, 5.41) is 8.72. The second-order valence-corrected chi connectivity index (χ2v) is 10.2. The number of anilines is 1. The molecule has 0 bridgehead atoms. The molecule has 0 aromatic carbocycles. The number of rotatable bonds is 6. The molecule has 0 radical (unpaired) electrons. The van der Waals surface area contributed by atoms with Crippen molar-refractivity contribution in [3.05, 3.63) is 41.5 Å². The Kier molecular flexibility index (Phi) is 6.84. The summed E-state index contributed by atoms with van der Waals surface area (Å²) in [5.74, 6) is 0.927. The molecule has 4 rings (SSSR count). The molecule has 34 heavy (non-hydrogen) atoms. The number of fused-ring (bicyclic) bond motifs is 1. The van der Waals surface area contributed by atoms with Gasteiger partial charge in [-0.25, -0.2) is 19.6 Å². The highest BCUT2D eigenvalue weighted by molar-refractivity contribution is 6.06. The molecule has 182 valence electrons. The van der Waals surface area contributed by atoms with Crippen LogP contribution in [0.5, 0.6) is 0 Å². The summed E-state index contributed by atoms with van der Waals surface area (Å²) in [4.78, 5) is 31.4. The minimum Gasteiger partial charge on any atom is -0.351 e. The standard InChI is InChI=1S/C25H36N8O/c1-17(2)20-16-19(21-18(3)30-33(22(21)29-20)25(4,5)6)23(34)26-10-11-31-12-14-32(15-13-31)24-27-8-7-9-28-24/h7-9,16-17H,10-15H2,1-6H3,(H,26,34). The van der Waals surface area contributed by atoms with E-state index in [1.165, 1.54) is 0 Å². The Morgan fingerprint density at radius 3 is 2.41 bits per heavy atom. The van der Waals surface area contributed by atoms with E-state index in [-0.39, 0.29) is 17.4 Å². The van der Waals surface area contributed by atoms with Gasteiger partial charge in [-0.05, 0) is 45.7 Å². The lowest BCUT2D eigenvalue weighted by atomic mass is 10.0. The highest BCUT2D eigenvalue weighted by atomic mass is 16.1. The lowest BCUT2D eigenvalue weighted by molar-refractivity contribution is 0.0949. The molecule has 1 N–H and O–H groups in total. The number of carbonyl (C=O) groups is 1. The lowest BCUT2D eigenvalue weighted by Gasteiger charge is -2.34. The number of aryl methyl sites for hydroxylation is 1. The maximum atomic E-state index is 13.3. The zero-order valence-electron chi connectivity index (χ0n) is 21.2. The molecular weight excluding hydrogens is 428 g/mol. The summed E-state index contributed by atoms with van der Waals surface area (Å²) < 4.78 is 1.94. The van der Waals surface area contributed by atoms with Gasteiger partial charge in [-0.3, -0.25) is 9.69 Å². The zero-order valence-corrected chi connectivity index (χ0v) is 21.2. The predicted molar refractivity (Wildman–Crippen MR) is 134 cm³/mol. The Hall–Kier alpha value is -3.07. The van der Waals surface area contributed by atoms with Crippen LogP contribution in [-0.2, 0) is 5.54 Å². The van der Waals surface area contributed by atoms with Gasteiger partial charge in [0.1, 0.15) is 0 Å². The topological polar surface area (TPSA) is 92.1 Å². The molecule has 0 atom stereocenters. The Bertz CT molecular complexity index is 1140. The van der Waals surface area contributed by atoms with Gasteiger partial charge < -0.3 is 10.2 Å². The third-order valence-corrected chi connectivity index (χ3v) is 6.23. The molecule has 3 aromatic rings. The average Bonchev–Trinajstić information content (AvgIpc) is 3.16. The summed E-state index contributed by atoms with van der Waals surface area (Å²) in [6, 6.07) is 3.77. The van der Waals surface area contributed by atoms with Gasteiger partial charge in [-0.15, -0.1) is 0 Å². The first-order valence-corrected chi connectivity index (χ1v) is 12.1. The molecular formula is C25H36N8O. The zero-order chi connectivity index (χ0) is 24.5. The normalized spacial score (nSPS) is 15.3. The number of hydrogen-bond donors (Lipinski definition) is 1. The second kappa shape index (κ2) is 9.66. The van der Waals surface area contributed by atoms with E-state index in [0.29, 0.717) is 12.1 Å². The van der Waals surface area contributed by atoms with E-state index < -0.39 is 0 Å². The monoisotopic (exact) mass is 464 g/mol. The Morgan fingerprint density at radius 2 is 1.79 bits per heavy atom. The molecule has 1 aliphatic heterocycles. The minimum absolute atomic E-state index is 0.0674.